The molecule has 0 saturated carbocycles. The second-order valence-corrected chi connectivity index (χ2v) is 10.1. The molecule has 0 radical (unpaired) electrons. The van der Waals surface area contributed by atoms with Crippen molar-refractivity contribution in [2.45, 2.75) is 36.7 Å². The number of alkyl halides is 9. The Morgan fingerprint density at radius 1 is 0.545 bits per heavy atom. The van der Waals surface area contributed by atoms with Gasteiger partial charge in [-0.15, -0.1) is 0 Å². The standard InChI is InChI=1S/C6H12F9O3PSi3/c7-4(8,9)1-20-16-19(17-21-2-5(10,11)12)18-22-3-6(13,14)15/h1-3,20-22H2. The first-order valence-corrected chi connectivity index (χ1v) is 11.5. The molecular formula is C6H12F9O3PSi3. The van der Waals surface area contributed by atoms with E-state index >= 15 is 0 Å². The van der Waals surface area contributed by atoms with E-state index in [0.29, 0.717) is 0 Å². The van der Waals surface area contributed by atoms with Gasteiger partial charge in [-0.25, -0.2) is 0 Å². The summed E-state index contributed by atoms with van der Waals surface area (Å²) in [5, 5.41) is 0. The van der Waals surface area contributed by atoms with E-state index in [1.807, 2.05) is 0 Å². The van der Waals surface area contributed by atoms with Crippen molar-refractivity contribution < 1.29 is 52.2 Å². The maximum Gasteiger partial charge on any atom is 0.388 e. The summed E-state index contributed by atoms with van der Waals surface area (Å²) in [5.41, 5.74) is 0. The van der Waals surface area contributed by atoms with Crippen LogP contribution in [-0.2, 0) is 12.6 Å². The third-order valence-corrected chi connectivity index (χ3v) is 8.78. The van der Waals surface area contributed by atoms with Gasteiger partial charge in [0.1, 0.15) is 0 Å². The second-order valence-electron chi connectivity index (χ2n) is 3.82. The van der Waals surface area contributed by atoms with Crippen LogP contribution in [0.15, 0.2) is 0 Å². The summed E-state index contributed by atoms with van der Waals surface area (Å²) in [7, 11) is -9.22. The summed E-state index contributed by atoms with van der Waals surface area (Å²) in [6.45, 7) is 0. The highest BCUT2D eigenvalue weighted by Crippen LogP contribution is 2.40. The van der Waals surface area contributed by atoms with Crippen molar-refractivity contribution in [3.05, 3.63) is 0 Å². The molecule has 0 aliphatic rings. The van der Waals surface area contributed by atoms with Gasteiger partial charge in [0.05, 0.1) is 18.1 Å². The van der Waals surface area contributed by atoms with Crippen LogP contribution in [0.3, 0.4) is 0 Å². The molecule has 134 valence electrons. The molecule has 22 heavy (non-hydrogen) atoms. The largest absolute Gasteiger partial charge is 0.388 e. The average molecular weight is 418 g/mol. The van der Waals surface area contributed by atoms with Gasteiger partial charge in [-0.1, -0.05) is 0 Å². The summed E-state index contributed by atoms with van der Waals surface area (Å²) < 4.78 is 121. The molecule has 0 aromatic carbocycles. The highest BCUT2D eigenvalue weighted by Gasteiger charge is 2.31. The van der Waals surface area contributed by atoms with E-state index in [0.717, 1.165) is 0 Å². The summed E-state index contributed by atoms with van der Waals surface area (Å²) in [6, 6.07) is -3.79. The van der Waals surface area contributed by atoms with Crippen LogP contribution in [0.5, 0.6) is 0 Å². The van der Waals surface area contributed by atoms with Crippen LogP contribution < -0.4 is 0 Å². The van der Waals surface area contributed by atoms with Gasteiger partial charge >= 0.3 is 18.5 Å². The molecule has 0 unspecified atom stereocenters. The fourth-order valence-corrected chi connectivity index (χ4v) is 7.31. The molecule has 0 aromatic rings. The molecule has 0 rings (SSSR count). The molecule has 0 N–H and O–H groups in total. The Morgan fingerprint density at radius 2 is 0.773 bits per heavy atom. The molecule has 0 aromatic heterocycles. The first kappa shape index (κ1) is 22.3. The van der Waals surface area contributed by atoms with Crippen molar-refractivity contribution in [3.8, 4) is 0 Å². The fourth-order valence-electron chi connectivity index (χ4n) is 0.820. The maximum atomic E-state index is 11.9. The Balaban J connectivity index is 4.19. The summed E-state index contributed by atoms with van der Waals surface area (Å²) in [4.78, 5) is 0. The van der Waals surface area contributed by atoms with Crippen molar-refractivity contribution in [1.29, 1.82) is 0 Å². The van der Waals surface area contributed by atoms with Crippen LogP contribution in [0.4, 0.5) is 39.5 Å². The van der Waals surface area contributed by atoms with Crippen molar-refractivity contribution in [3.63, 3.8) is 0 Å². The molecule has 0 aliphatic heterocycles. The molecule has 0 aliphatic carbocycles. The van der Waals surface area contributed by atoms with Crippen LogP contribution in [0.2, 0.25) is 18.1 Å². The van der Waals surface area contributed by atoms with E-state index in [1.54, 1.807) is 0 Å². The summed E-state index contributed by atoms with van der Waals surface area (Å²) in [6.07, 6.45) is -13.5. The van der Waals surface area contributed by atoms with Crippen molar-refractivity contribution in [2.24, 2.45) is 0 Å². The molecular weight excluding hydrogens is 406 g/mol. The van der Waals surface area contributed by atoms with E-state index in [4.69, 9.17) is 0 Å². The number of rotatable bonds is 9. The Hall–Kier alpha value is 0.331. The SMILES string of the molecule is FC(F)(F)C[SiH2]OP(O[SiH2]CC(F)(F)F)O[SiH2]CC(F)(F)F. The van der Waals surface area contributed by atoms with Gasteiger partial charge in [0.15, 0.2) is 29.3 Å². The van der Waals surface area contributed by atoms with E-state index in [-0.39, 0.29) is 0 Å². The van der Waals surface area contributed by atoms with Crippen LogP contribution >= 0.6 is 8.60 Å². The minimum absolute atomic E-state index is 1.26. The van der Waals surface area contributed by atoms with Crippen molar-refractivity contribution in [2.75, 3.05) is 0 Å². The lowest BCUT2D eigenvalue weighted by atomic mass is 10.8. The zero-order valence-electron chi connectivity index (χ0n) is 10.8. The predicted octanol–water partition coefficient (Wildman–Crippen LogP) is 2.46. The van der Waals surface area contributed by atoms with E-state index in [9.17, 15) is 39.5 Å². The van der Waals surface area contributed by atoms with Gasteiger partial charge in [-0.3, -0.25) is 0 Å². The Bertz CT molecular complexity index is 263. The highest BCUT2D eigenvalue weighted by molar-refractivity contribution is 7.45. The molecule has 0 spiro atoms. The van der Waals surface area contributed by atoms with Crippen LogP contribution in [0.25, 0.3) is 0 Å². The van der Waals surface area contributed by atoms with Crippen LogP contribution in [0.1, 0.15) is 0 Å². The third kappa shape index (κ3) is 16.7. The minimum Gasteiger partial charge on any atom is -0.363 e. The van der Waals surface area contributed by atoms with Crippen molar-refractivity contribution in [1.82, 2.24) is 0 Å². The predicted molar refractivity (Wildman–Crippen MR) is 68.4 cm³/mol. The summed E-state index contributed by atoms with van der Waals surface area (Å²) in [5.74, 6) is 0. The maximum absolute atomic E-state index is 11.9. The van der Waals surface area contributed by atoms with Crippen LogP contribution in [0, 0.1) is 0 Å². The molecule has 0 heterocycles. The third-order valence-electron chi connectivity index (χ3n) is 1.75. The molecule has 3 nitrogen and oxygen atoms in total. The van der Waals surface area contributed by atoms with E-state index in [1.165, 1.54) is 0 Å². The number of hydrogen-bond donors (Lipinski definition) is 0. The first-order chi connectivity index (χ1) is 9.79. The monoisotopic (exact) mass is 418 g/mol. The van der Waals surface area contributed by atoms with Gasteiger partial charge < -0.3 is 12.6 Å². The molecule has 0 amide bonds. The van der Waals surface area contributed by atoms with Gasteiger partial charge in [0, 0.05) is 0 Å². The zero-order valence-corrected chi connectivity index (χ0v) is 16.0. The molecule has 0 saturated heterocycles. The summed E-state index contributed by atoms with van der Waals surface area (Å²) >= 11 is 0. The first-order valence-electron chi connectivity index (χ1n) is 5.68. The molecule has 0 fully saturated rings. The van der Waals surface area contributed by atoms with Gasteiger partial charge in [-0.05, 0) is 0 Å². The Kier molecular flexibility index (Phi) is 9.73. The number of halogens is 9. The lowest BCUT2D eigenvalue weighted by Gasteiger charge is -2.19. The van der Waals surface area contributed by atoms with E-state index < -0.39 is 74.6 Å². The molecule has 0 bridgehead atoms. The smallest absolute Gasteiger partial charge is 0.363 e. The quantitative estimate of drug-likeness (QED) is 0.327. The Morgan fingerprint density at radius 3 is 0.955 bits per heavy atom. The normalized spacial score (nSPS) is 16.8. The fraction of sp³-hybridized carbons (Fsp3) is 1.00. The van der Waals surface area contributed by atoms with Crippen molar-refractivity contribution >= 4 is 37.9 Å². The molecule has 16 heteroatoms. The van der Waals surface area contributed by atoms with E-state index in [2.05, 4.69) is 12.6 Å². The zero-order chi connectivity index (χ0) is 17.4. The van der Waals surface area contributed by atoms with Gasteiger partial charge in [0.25, 0.3) is 8.60 Å². The topological polar surface area (TPSA) is 27.7 Å². The average Bonchev–Trinajstić information content (AvgIpc) is 2.23. The van der Waals surface area contributed by atoms with Gasteiger partial charge in [0.2, 0.25) is 0 Å². The highest BCUT2D eigenvalue weighted by atomic mass is 31.2. The lowest BCUT2D eigenvalue weighted by molar-refractivity contribution is -0.111. The van der Waals surface area contributed by atoms with Crippen LogP contribution in [-0.4, -0.2) is 47.8 Å². The number of hydrogen-bond acceptors (Lipinski definition) is 3. The second kappa shape index (κ2) is 9.58. The van der Waals surface area contributed by atoms with Gasteiger partial charge in [-0.2, -0.15) is 39.5 Å². The lowest BCUT2D eigenvalue weighted by Crippen LogP contribution is -2.16. The Labute approximate surface area is 127 Å². The minimum atomic E-state index is -4.50. The molecule has 0 atom stereocenters.